The van der Waals surface area contributed by atoms with Crippen LogP contribution in [0.25, 0.3) is 0 Å². The van der Waals surface area contributed by atoms with Gasteiger partial charge in [0.1, 0.15) is 0 Å². The molecular formula is C16H17ClN2O2. The molecule has 0 heterocycles. The maximum atomic E-state index is 11.3. The molecule has 0 spiro atoms. The largest absolute Gasteiger partial charge is 0.450 e. The van der Waals surface area contributed by atoms with E-state index in [0.717, 1.165) is 16.3 Å². The molecule has 2 N–H and O–H groups in total. The zero-order valence-corrected chi connectivity index (χ0v) is 12.5. The molecule has 0 radical (unpaired) electrons. The molecule has 0 aliphatic carbocycles. The Morgan fingerprint density at radius 2 is 1.86 bits per heavy atom. The summed E-state index contributed by atoms with van der Waals surface area (Å²) < 4.78 is 4.81. The highest BCUT2D eigenvalue weighted by Crippen LogP contribution is 2.16. The SMILES string of the molecule is CCOC(=O)Nc1ccc(NCc2cccc(Cl)c2)cc1. The minimum absolute atomic E-state index is 0.352. The number of carbonyl (C=O) groups is 1. The zero-order chi connectivity index (χ0) is 15.1. The van der Waals surface area contributed by atoms with Crippen molar-refractivity contribution < 1.29 is 9.53 Å². The molecule has 0 atom stereocenters. The first-order valence-electron chi connectivity index (χ1n) is 6.69. The van der Waals surface area contributed by atoms with Gasteiger partial charge in [0.2, 0.25) is 0 Å². The average Bonchev–Trinajstić information content (AvgIpc) is 2.47. The first-order chi connectivity index (χ1) is 10.2. The summed E-state index contributed by atoms with van der Waals surface area (Å²) in [6.07, 6.45) is -0.447. The summed E-state index contributed by atoms with van der Waals surface area (Å²) in [5.74, 6) is 0. The Labute approximate surface area is 129 Å². The van der Waals surface area contributed by atoms with Crippen LogP contribution in [-0.2, 0) is 11.3 Å². The molecular weight excluding hydrogens is 288 g/mol. The van der Waals surface area contributed by atoms with Crippen LogP contribution in [0.15, 0.2) is 48.5 Å². The third kappa shape index (κ3) is 5.00. The van der Waals surface area contributed by atoms with Crippen LogP contribution in [0.1, 0.15) is 12.5 Å². The van der Waals surface area contributed by atoms with Crippen LogP contribution in [-0.4, -0.2) is 12.7 Å². The van der Waals surface area contributed by atoms with Crippen molar-refractivity contribution in [1.82, 2.24) is 0 Å². The molecule has 21 heavy (non-hydrogen) atoms. The first-order valence-corrected chi connectivity index (χ1v) is 7.07. The van der Waals surface area contributed by atoms with Crippen LogP contribution < -0.4 is 10.6 Å². The molecule has 0 aliphatic heterocycles. The van der Waals surface area contributed by atoms with Gasteiger partial charge in [0.25, 0.3) is 0 Å². The molecule has 4 nitrogen and oxygen atoms in total. The van der Waals surface area contributed by atoms with Crippen molar-refractivity contribution in [3.05, 3.63) is 59.1 Å². The van der Waals surface area contributed by atoms with Crippen molar-refractivity contribution in [1.29, 1.82) is 0 Å². The molecule has 0 aromatic heterocycles. The molecule has 2 rings (SSSR count). The fourth-order valence-electron chi connectivity index (χ4n) is 1.81. The Bertz CT molecular complexity index is 599. The van der Waals surface area contributed by atoms with Gasteiger partial charge in [-0.2, -0.15) is 0 Å². The molecule has 5 heteroatoms. The van der Waals surface area contributed by atoms with Crippen molar-refractivity contribution in [3.8, 4) is 0 Å². The predicted octanol–water partition coefficient (Wildman–Crippen LogP) is 4.52. The molecule has 110 valence electrons. The third-order valence-electron chi connectivity index (χ3n) is 2.79. The number of hydrogen-bond acceptors (Lipinski definition) is 3. The fourth-order valence-corrected chi connectivity index (χ4v) is 2.02. The Kier molecular flexibility index (Phi) is 5.46. The summed E-state index contributed by atoms with van der Waals surface area (Å²) in [5.41, 5.74) is 2.77. The van der Waals surface area contributed by atoms with Gasteiger partial charge in [0.15, 0.2) is 0 Å². The van der Waals surface area contributed by atoms with Crippen molar-refractivity contribution in [3.63, 3.8) is 0 Å². The topological polar surface area (TPSA) is 50.4 Å². The first kappa shape index (κ1) is 15.2. The summed E-state index contributed by atoms with van der Waals surface area (Å²) in [6, 6.07) is 15.1. The molecule has 2 aromatic rings. The number of carbonyl (C=O) groups excluding carboxylic acids is 1. The van der Waals surface area contributed by atoms with E-state index in [1.54, 1.807) is 6.92 Å². The van der Waals surface area contributed by atoms with E-state index in [-0.39, 0.29) is 0 Å². The smallest absolute Gasteiger partial charge is 0.411 e. The number of amides is 1. The van der Waals surface area contributed by atoms with Crippen molar-refractivity contribution in [2.75, 3.05) is 17.2 Å². The highest BCUT2D eigenvalue weighted by Gasteiger charge is 2.01. The van der Waals surface area contributed by atoms with Gasteiger partial charge in [-0.05, 0) is 48.9 Å². The van der Waals surface area contributed by atoms with Crippen LogP contribution in [0.4, 0.5) is 16.2 Å². The van der Waals surface area contributed by atoms with Gasteiger partial charge in [-0.15, -0.1) is 0 Å². The van der Waals surface area contributed by atoms with Gasteiger partial charge in [0.05, 0.1) is 6.61 Å². The maximum Gasteiger partial charge on any atom is 0.411 e. The highest BCUT2D eigenvalue weighted by atomic mass is 35.5. The normalized spacial score (nSPS) is 10.0. The predicted molar refractivity (Wildman–Crippen MR) is 85.9 cm³/mol. The summed E-state index contributed by atoms with van der Waals surface area (Å²) in [4.78, 5) is 11.3. The number of hydrogen-bond donors (Lipinski definition) is 2. The van der Waals surface area contributed by atoms with E-state index in [9.17, 15) is 4.79 Å². The molecule has 0 saturated carbocycles. The maximum absolute atomic E-state index is 11.3. The summed E-state index contributed by atoms with van der Waals surface area (Å²) in [7, 11) is 0. The van der Waals surface area contributed by atoms with Crippen molar-refractivity contribution in [2.45, 2.75) is 13.5 Å². The van der Waals surface area contributed by atoms with E-state index in [0.29, 0.717) is 18.8 Å². The van der Waals surface area contributed by atoms with Gasteiger partial charge in [-0.25, -0.2) is 4.79 Å². The third-order valence-corrected chi connectivity index (χ3v) is 3.03. The van der Waals surface area contributed by atoms with E-state index in [2.05, 4.69) is 10.6 Å². The molecule has 0 fully saturated rings. The fraction of sp³-hybridized carbons (Fsp3) is 0.188. The van der Waals surface area contributed by atoms with E-state index < -0.39 is 6.09 Å². The lowest BCUT2D eigenvalue weighted by atomic mass is 10.2. The summed E-state index contributed by atoms with van der Waals surface area (Å²) in [5, 5.41) is 6.66. The van der Waals surface area contributed by atoms with Crippen LogP contribution in [0.3, 0.4) is 0 Å². The van der Waals surface area contributed by atoms with Crippen LogP contribution in [0.2, 0.25) is 5.02 Å². The summed E-state index contributed by atoms with van der Waals surface area (Å²) >= 11 is 5.94. The monoisotopic (exact) mass is 304 g/mol. The van der Waals surface area contributed by atoms with Gasteiger partial charge in [0, 0.05) is 22.9 Å². The second-order valence-corrected chi connectivity index (χ2v) is 4.84. The lowest BCUT2D eigenvalue weighted by Gasteiger charge is -2.09. The number of anilines is 2. The summed E-state index contributed by atoms with van der Waals surface area (Å²) in [6.45, 7) is 2.80. The minimum Gasteiger partial charge on any atom is -0.450 e. The molecule has 2 aromatic carbocycles. The van der Waals surface area contributed by atoms with Gasteiger partial charge < -0.3 is 10.1 Å². The van der Waals surface area contributed by atoms with Crippen LogP contribution >= 0.6 is 11.6 Å². The number of nitrogens with one attached hydrogen (secondary N) is 2. The van der Waals surface area contributed by atoms with Gasteiger partial charge in [-0.1, -0.05) is 23.7 Å². The standard InChI is InChI=1S/C16H17ClN2O2/c1-2-21-16(20)19-15-8-6-14(7-9-15)18-11-12-4-3-5-13(17)10-12/h3-10,18H,2,11H2,1H3,(H,19,20). The number of rotatable bonds is 5. The van der Waals surface area contributed by atoms with Crippen LogP contribution in [0.5, 0.6) is 0 Å². The molecule has 1 amide bonds. The second kappa shape index (κ2) is 7.55. The Balaban J connectivity index is 1.89. The lowest BCUT2D eigenvalue weighted by molar-refractivity contribution is 0.168. The Morgan fingerprint density at radius 1 is 1.14 bits per heavy atom. The minimum atomic E-state index is -0.447. The van der Waals surface area contributed by atoms with E-state index in [1.807, 2.05) is 48.5 Å². The number of halogens is 1. The van der Waals surface area contributed by atoms with Gasteiger partial charge >= 0.3 is 6.09 Å². The van der Waals surface area contributed by atoms with E-state index in [1.165, 1.54) is 0 Å². The quantitative estimate of drug-likeness (QED) is 0.854. The van der Waals surface area contributed by atoms with E-state index in [4.69, 9.17) is 16.3 Å². The average molecular weight is 305 g/mol. The number of ether oxygens (including phenoxy) is 1. The molecule has 0 bridgehead atoms. The van der Waals surface area contributed by atoms with Crippen LogP contribution in [0, 0.1) is 0 Å². The van der Waals surface area contributed by atoms with Gasteiger partial charge in [-0.3, -0.25) is 5.32 Å². The van der Waals surface area contributed by atoms with E-state index >= 15 is 0 Å². The highest BCUT2D eigenvalue weighted by molar-refractivity contribution is 6.30. The Hall–Kier alpha value is -2.20. The molecule has 0 unspecified atom stereocenters. The van der Waals surface area contributed by atoms with Crippen molar-refractivity contribution >= 4 is 29.1 Å². The molecule has 0 saturated heterocycles. The second-order valence-electron chi connectivity index (χ2n) is 4.41. The molecule has 0 aliphatic rings. The Morgan fingerprint density at radius 3 is 2.52 bits per heavy atom. The zero-order valence-electron chi connectivity index (χ0n) is 11.7. The number of benzene rings is 2. The lowest BCUT2D eigenvalue weighted by Crippen LogP contribution is -2.13. The van der Waals surface area contributed by atoms with Crippen molar-refractivity contribution in [2.24, 2.45) is 0 Å².